The molecule has 144 valence electrons. The van der Waals surface area contributed by atoms with Gasteiger partial charge in [0.05, 0.1) is 38.8 Å². The highest BCUT2D eigenvalue weighted by atomic mass is 19.4. The monoisotopic (exact) mass is 379 g/mol. The summed E-state index contributed by atoms with van der Waals surface area (Å²) in [5.41, 5.74) is 1.26. The standard InChI is InChI=1S/C19H21F3N4O/c1-25-10-12-26(13-11-25)17-8-6-16(7-9-17)24-18(27)23-15-4-2-14(3-5-15)19(20,21)22/h2-9H,10-13H2,1H3,(H2,23,24,27)/p+1. The quantitative estimate of drug-likeness (QED) is 0.768. The molecule has 8 heteroatoms. The Morgan fingerprint density at radius 3 is 1.89 bits per heavy atom. The summed E-state index contributed by atoms with van der Waals surface area (Å²) >= 11 is 0. The topological polar surface area (TPSA) is 48.8 Å². The average Bonchev–Trinajstić information content (AvgIpc) is 2.63. The highest BCUT2D eigenvalue weighted by Gasteiger charge is 2.30. The van der Waals surface area contributed by atoms with E-state index in [-0.39, 0.29) is 5.69 Å². The number of hydrogen-bond donors (Lipinski definition) is 3. The van der Waals surface area contributed by atoms with Crippen LogP contribution in [0.15, 0.2) is 48.5 Å². The molecule has 0 spiro atoms. The van der Waals surface area contributed by atoms with E-state index in [0.29, 0.717) is 5.69 Å². The molecule has 1 saturated heterocycles. The van der Waals surface area contributed by atoms with Crippen LogP contribution in [0.4, 0.5) is 35.0 Å². The first kappa shape index (κ1) is 19.0. The van der Waals surface area contributed by atoms with Crippen molar-refractivity contribution >= 4 is 23.1 Å². The summed E-state index contributed by atoms with van der Waals surface area (Å²) < 4.78 is 37.7. The molecule has 2 aromatic carbocycles. The van der Waals surface area contributed by atoms with Crippen LogP contribution in [0.5, 0.6) is 0 Å². The number of benzene rings is 2. The second-order valence-electron chi connectivity index (χ2n) is 6.65. The van der Waals surface area contributed by atoms with Crippen LogP contribution in [0.3, 0.4) is 0 Å². The Hall–Kier alpha value is -2.74. The number of amides is 2. The molecule has 0 saturated carbocycles. The van der Waals surface area contributed by atoms with E-state index in [4.69, 9.17) is 0 Å². The van der Waals surface area contributed by atoms with Gasteiger partial charge in [-0.2, -0.15) is 13.2 Å². The lowest BCUT2D eigenvalue weighted by atomic mass is 10.2. The van der Waals surface area contributed by atoms with E-state index in [9.17, 15) is 18.0 Å². The minimum atomic E-state index is -4.40. The van der Waals surface area contributed by atoms with E-state index < -0.39 is 17.8 Å². The summed E-state index contributed by atoms with van der Waals surface area (Å²) in [6.07, 6.45) is -4.40. The molecule has 3 N–H and O–H groups in total. The van der Waals surface area contributed by atoms with Gasteiger partial charge >= 0.3 is 12.2 Å². The van der Waals surface area contributed by atoms with Crippen molar-refractivity contribution in [1.29, 1.82) is 0 Å². The third kappa shape index (κ3) is 5.13. The Morgan fingerprint density at radius 2 is 1.41 bits per heavy atom. The summed E-state index contributed by atoms with van der Waals surface area (Å²) in [6.45, 7) is 4.17. The van der Waals surface area contributed by atoms with Crippen molar-refractivity contribution in [2.45, 2.75) is 6.18 Å². The van der Waals surface area contributed by atoms with Gasteiger partial charge in [-0.3, -0.25) is 0 Å². The van der Waals surface area contributed by atoms with Gasteiger partial charge in [0, 0.05) is 17.1 Å². The maximum absolute atomic E-state index is 12.6. The highest BCUT2D eigenvalue weighted by Crippen LogP contribution is 2.29. The Bertz CT molecular complexity index is 767. The number of piperazine rings is 1. The molecule has 1 aliphatic rings. The smallest absolute Gasteiger partial charge is 0.360 e. The van der Waals surface area contributed by atoms with Crippen LogP contribution in [0, 0.1) is 0 Å². The largest absolute Gasteiger partial charge is 0.416 e. The van der Waals surface area contributed by atoms with E-state index in [1.807, 2.05) is 24.3 Å². The molecule has 2 aromatic rings. The molecule has 3 rings (SSSR count). The zero-order valence-electron chi connectivity index (χ0n) is 14.9. The van der Waals surface area contributed by atoms with Gasteiger partial charge in [-0.15, -0.1) is 0 Å². The van der Waals surface area contributed by atoms with Crippen LogP contribution in [-0.2, 0) is 6.18 Å². The van der Waals surface area contributed by atoms with Gasteiger partial charge in [-0.1, -0.05) is 0 Å². The van der Waals surface area contributed by atoms with Crippen LogP contribution < -0.4 is 20.4 Å². The van der Waals surface area contributed by atoms with Crippen LogP contribution >= 0.6 is 0 Å². The fraction of sp³-hybridized carbons (Fsp3) is 0.316. The van der Waals surface area contributed by atoms with Gasteiger partial charge in [0.1, 0.15) is 0 Å². The molecule has 1 fully saturated rings. The summed E-state index contributed by atoms with van der Waals surface area (Å²) in [5.74, 6) is 0. The number of nitrogens with zero attached hydrogens (tertiary/aromatic N) is 1. The Kier molecular flexibility index (Phi) is 5.55. The summed E-state index contributed by atoms with van der Waals surface area (Å²) in [4.78, 5) is 15.9. The van der Waals surface area contributed by atoms with E-state index in [1.165, 1.54) is 17.0 Å². The third-order valence-corrected chi connectivity index (χ3v) is 4.58. The van der Waals surface area contributed by atoms with Crippen molar-refractivity contribution in [3.63, 3.8) is 0 Å². The molecule has 2 amide bonds. The molecule has 5 nitrogen and oxygen atoms in total. The van der Waals surface area contributed by atoms with E-state index in [1.54, 1.807) is 0 Å². The molecule has 0 radical (unpaired) electrons. The van der Waals surface area contributed by atoms with Crippen molar-refractivity contribution in [2.75, 3.05) is 48.8 Å². The number of nitrogens with one attached hydrogen (secondary N) is 3. The Morgan fingerprint density at radius 1 is 0.926 bits per heavy atom. The van der Waals surface area contributed by atoms with E-state index >= 15 is 0 Å². The normalized spacial score (nSPS) is 15.5. The van der Waals surface area contributed by atoms with Crippen LogP contribution in [0.1, 0.15) is 5.56 Å². The molecule has 0 aliphatic carbocycles. The maximum Gasteiger partial charge on any atom is 0.416 e. The number of urea groups is 1. The number of carbonyl (C=O) groups is 1. The highest BCUT2D eigenvalue weighted by molar-refractivity contribution is 5.99. The number of carbonyl (C=O) groups excluding carboxylic acids is 1. The number of halogens is 3. The first-order valence-electron chi connectivity index (χ1n) is 8.73. The lowest BCUT2D eigenvalue weighted by Gasteiger charge is -2.31. The zero-order valence-corrected chi connectivity index (χ0v) is 14.9. The molecule has 27 heavy (non-hydrogen) atoms. The second kappa shape index (κ2) is 7.87. The minimum Gasteiger partial charge on any atom is -0.360 e. The van der Waals surface area contributed by atoms with Crippen LogP contribution in [0.25, 0.3) is 0 Å². The number of likely N-dealkylation sites (N-methyl/N-ethyl adjacent to an activating group) is 1. The number of hydrogen-bond acceptors (Lipinski definition) is 2. The second-order valence-corrected chi connectivity index (χ2v) is 6.65. The lowest BCUT2D eigenvalue weighted by molar-refractivity contribution is -0.880. The van der Waals surface area contributed by atoms with Crippen molar-refractivity contribution < 1.29 is 22.9 Å². The van der Waals surface area contributed by atoms with Gasteiger partial charge < -0.3 is 20.4 Å². The number of alkyl halides is 3. The molecule has 1 aliphatic heterocycles. The predicted molar refractivity (Wildman–Crippen MR) is 99.4 cm³/mol. The molecule has 0 bridgehead atoms. The lowest BCUT2D eigenvalue weighted by Crippen LogP contribution is -3.12. The fourth-order valence-corrected chi connectivity index (χ4v) is 2.94. The number of rotatable bonds is 3. The van der Waals surface area contributed by atoms with Gasteiger partial charge in [0.25, 0.3) is 0 Å². The van der Waals surface area contributed by atoms with E-state index in [0.717, 1.165) is 44.0 Å². The van der Waals surface area contributed by atoms with Crippen LogP contribution in [-0.4, -0.2) is 39.3 Å². The fourth-order valence-electron chi connectivity index (χ4n) is 2.94. The minimum absolute atomic E-state index is 0.289. The first-order valence-corrected chi connectivity index (χ1v) is 8.73. The van der Waals surface area contributed by atoms with Gasteiger partial charge in [0.2, 0.25) is 0 Å². The van der Waals surface area contributed by atoms with Gasteiger partial charge in [0.15, 0.2) is 0 Å². The first-order chi connectivity index (χ1) is 12.8. The third-order valence-electron chi connectivity index (χ3n) is 4.58. The SMILES string of the molecule is C[NH+]1CCN(c2ccc(NC(=O)Nc3ccc(C(F)(F)F)cc3)cc2)CC1. The molecule has 0 atom stereocenters. The molecule has 0 unspecified atom stereocenters. The van der Waals surface area contributed by atoms with Gasteiger partial charge in [-0.25, -0.2) is 4.79 Å². The maximum atomic E-state index is 12.6. The van der Waals surface area contributed by atoms with Crippen molar-refractivity contribution in [2.24, 2.45) is 0 Å². The van der Waals surface area contributed by atoms with Crippen LogP contribution in [0.2, 0.25) is 0 Å². The van der Waals surface area contributed by atoms with E-state index in [2.05, 4.69) is 22.6 Å². The molecule has 1 heterocycles. The average molecular weight is 379 g/mol. The van der Waals surface area contributed by atoms with Crippen molar-refractivity contribution in [1.82, 2.24) is 0 Å². The van der Waals surface area contributed by atoms with Crippen molar-refractivity contribution in [3.8, 4) is 0 Å². The summed E-state index contributed by atoms with van der Waals surface area (Å²) in [5, 5.41) is 5.20. The number of quaternary nitrogens is 1. The molecular formula is C19H22F3N4O+. The molecule has 0 aromatic heterocycles. The zero-order chi connectivity index (χ0) is 19.4. The summed E-state index contributed by atoms with van der Waals surface area (Å²) in [6, 6.07) is 11.3. The van der Waals surface area contributed by atoms with Gasteiger partial charge in [-0.05, 0) is 48.5 Å². The Labute approximate surface area is 155 Å². The summed E-state index contributed by atoms with van der Waals surface area (Å²) in [7, 11) is 2.18. The predicted octanol–water partition coefficient (Wildman–Crippen LogP) is 2.68. The Balaban J connectivity index is 1.55. The van der Waals surface area contributed by atoms with Crippen molar-refractivity contribution in [3.05, 3.63) is 54.1 Å². The number of anilines is 3. The molecular weight excluding hydrogens is 357 g/mol.